The van der Waals surface area contributed by atoms with Crippen molar-refractivity contribution in [2.75, 3.05) is 31.5 Å². The summed E-state index contributed by atoms with van der Waals surface area (Å²) in [7, 11) is 0. The molecule has 192 valence electrons. The summed E-state index contributed by atoms with van der Waals surface area (Å²) in [5, 5.41) is 6.20. The predicted molar refractivity (Wildman–Crippen MR) is 149 cm³/mol. The monoisotopic (exact) mass is 536 g/mol. The van der Waals surface area contributed by atoms with E-state index >= 15 is 0 Å². The summed E-state index contributed by atoms with van der Waals surface area (Å²) in [6.07, 6.45) is 4.87. The van der Waals surface area contributed by atoms with Crippen LogP contribution in [0, 0.1) is 0 Å². The molecule has 4 aromatic rings. The maximum atomic E-state index is 13.1. The number of halogens is 1. The van der Waals surface area contributed by atoms with Gasteiger partial charge in [0.25, 0.3) is 11.5 Å². The molecule has 1 atom stereocenters. The van der Waals surface area contributed by atoms with Crippen molar-refractivity contribution in [1.82, 2.24) is 24.8 Å². The van der Waals surface area contributed by atoms with Crippen molar-refractivity contribution in [1.29, 1.82) is 0 Å². The van der Waals surface area contributed by atoms with E-state index < -0.39 is 0 Å². The third-order valence-corrected chi connectivity index (χ3v) is 8.66. The van der Waals surface area contributed by atoms with Gasteiger partial charge in [-0.05, 0) is 68.1 Å². The number of carbonyl (C=O) groups is 1. The number of carbonyl (C=O) groups excluding carboxylic acids is 1. The van der Waals surface area contributed by atoms with Crippen LogP contribution in [0.2, 0.25) is 5.02 Å². The number of amides is 1. The van der Waals surface area contributed by atoms with Gasteiger partial charge in [-0.1, -0.05) is 11.6 Å². The first kappa shape index (κ1) is 24.2. The van der Waals surface area contributed by atoms with Gasteiger partial charge in [-0.15, -0.1) is 11.3 Å². The Bertz CT molecular complexity index is 1520. The van der Waals surface area contributed by atoms with Crippen LogP contribution in [0.3, 0.4) is 0 Å². The van der Waals surface area contributed by atoms with E-state index in [1.807, 2.05) is 34.5 Å². The second kappa shape index (κ2) is 9.96. The Morgan fingerprint density at radius 1 is 1.19 bits per heavy atom. The highest BCUT2D eigenvalue weighted by atomic mass is 35.5. The molecule has 5 heterocycles. The number of hydrogen-bond acceptors (Lipinski definition) is 6. The van der Waals surface area contributed by atoms with Crippen LogP contribution in [0.15, 0.2) is 40.6 Å². The molecular weight excluding hydrogens is 508 g/mol. The van der Waals surface area contributed by atoms with Crippen LogP contribution in [0.25, 0.3) is 22.4 Å². The van der Waals surface area contributed by atoms with Crippen LogP contribution in [0.4, 0.5) is 5.69 Å². The number of nitrogens with one attached hydrogen (secondary N) is 3. The Hall–Kier alpha value is -3.14. The smallest absolute Gasteiger partial charge is 0.261 e. The molecule has 6 rings (SSSR count). The zero-order valence-electron chi connectivity index (χ0n) is 20.6. The Kier molecular flexibility index (Phi) is 6.52. The van der Waals surface area contributed by atoms with Crippen LogP contribution in [-0.4, -0.2) is 62.9 Å². The number of hydrogen-bond donors (Lipinski definition) is 3. The fourth-order valence-corrected chi connectivity index (χ4v) is 6.59. The lowest BCUT2D eigenvalue weighted by molar-refractivity contribution is 0.0763. The minimum Gasteiger partial charge on any atom is -0.381 e. The molecule has 0 spiro atoms. The minimum atomic E-state index is -0.234. The Labute approximate surface area is 223 Å². The zero-order chi connectivity index (χ0) is 25.5. The number of imidazole rings is 1. The molecule has 8 nitrogen and oxygen atoms in total. The number of likely N-dealkylation sites (tertiary alicyclic amines) is 1. The largest absolute Gasteiger partial charge is 0.381 e. The number of benzene rings is 1. The van der Waals surface area contributed by atoms with Crippen molar-refractivity contribution in [3.8, 4) is 11.4 Å². The van der Waals surface area contributed by atoms with Gasteiger partial charge in [-0.3, -0.25) is 9.59 Å². The number of nitrogens with zero attached hydrogens (tertiary/aromatic N) is 3. The molecule has 3 aromatic heterocycles. The van der Waals surface area contributed by atoms with Crippen LogP contribution in [0.5, 0.6) is 0 Å². The van der Waals surface area contributed by atoms with Crippen molar-refractivity contribution in [2.24, 2.45) is 0 Å². The van der Waals surface area contributed by atoms with E-state index in [4.69, 9.17) is 16.6 Å². The topological polar surface area (TPSA) is 97.1 Å². The molecule has 1 fully saturated rings. The van der Waals surface area contributed by atoms with Crippen molar-refractivity contribution in [3.05, 3.63) is 67.2 Å². The number of pyridine rings is 1. The highest BCUT2D eigenvalue weighted by Gasteiger charge is 2.29. The maximum Gasteiger partial charge on any atom is 0.261 e. The van der Waals surface area contributed by atoms with Gasteiger partial charge in [0.05, 0.1) is 21.7 Å². The quantitative estimate of drug-likeness (QED) is 0.302. The average Bonchev–Trinajstić information content (AvgIpc) is 3.66. The lowest BCUT2D eigenvalue weighted by Crippen LogP contribution is -2.33. The summed E-state index contributed by atoms with van der Waals surface area (Å²) < 4.78 is 0. The van der Waals surface area contributed by atoms with E-state index in [-0.39, 0.29) is 17.5 Å². The average molecular weight is 537 g/mol. The van der Waals surface area contributed by atoms with Crippen molar-refractivity contribution < 1.29 is 4.79 Å². The molecule has 3 N–H and O–H groups in total. The molecule has 2 aliphatic rings. The zero-order valence-corrected chi connectivity index (χ0v) is 22.2. The summed E-state index contributed by atoms with van der Waals surface area (Å²) >= 11 is 7.90. The highest BCUT2D eigenvalue weighted by molar-refractivity contribution is 7.10. The molecule has 1 unspecified atom stereocenters. The number of thiophene rings is 1. The van der Waals surface area contributed by atoms with Gasteiger partial charge in [0.15, 0.2) is 0 Å². The summed E-state index contributed by atoms with van der Waals surface area (Å²) in [6, 6.07) is 7.65. The molecule has 2 aliphatic heterocycles. The third kappa shape index (κ3) is 4.79. The Morgan fingerprint density at radius 2 is 2.03 bits per heavy atom. The Morgan fingerprint density at radius 3 is 2.81 bits per heavy atom. The summed E-state index contributed by atoms with van der Waals surface area (Å²) in [5.74, 6) is 0.532. The van der Waals surface area contributed by atoms with Crippen molar-refractivity contribution >= 4 is 45.6 Å². The van der Waals surface area contributed by atoms with Gasteiger partial charge in [0.1, 0.15) is 11.4 Å². The van der Waals surface area contributed by atoms with Gasteiger partial charge in [0.2, 0.25) is 0 Å². The van der Waals surface area contributed by atoms with E-state index in [1.54, 1.807) is 17.5 Å². The maximum absolute atomic E-state index is 13.1. The van der Waals surface area contributed by atoms with E-state index in [9.17, 15) is 9.59 Å². The normalized spacial score (nSPS) is 16.6. The van der Waals surface area contributed by atoms with E-state index in [1.165, 1.54) is 12.8 Å². The molecular formula is C27H29ClN6O2S. The van der Waals surface area contributed by atoms with E-state index in [0.717, 1.165) is 53.6 Å². The fraction of sp³-hybridized carbons (Fsp3) is 0.370. The van der Waals surface area contributed by atoms with E-state index in [0.29, 0.717) is 34.7 Å². The first-order chi connectivity index (χ1) is 18.0. The molecule has 0 saturated carbocycles. The third-order valence-electron chi connectivity index (χ3n) is 7.25. The molecule has 1 aromatic carbocycles. The number of fused-ring (bicyclic) bond motifs is 2. The number of aromatic nitrogens is 3. The standard InChI is InChI=1S/C27H29ClN6O2S/c1-16(12-23-19(28)5-11-37-23)30-20-4-6-29-26(35)24(20)25-31-21-13-17-15-34(10-9-33-7-2-3-8-33)27(36)18(17)14-22(21)32-25/h4-6,11,13-14,16H,2-3,7-10,12,15H2,1H3,(H,31,32)(H2,29,30,35). The molecule has 10 heteroatoms. The molecule has 37 heavy (non-hydrogen) atoms. The van der Waals surface area contributed by atoms with Crippen molar-refractivity contribution in [2.45, 2.75) is 38.8 Å². The fourth-order valence-electron chi connectivity index (χ4n) is 5.35. The molecule has 0 radical (unpaired) electrons. The van der Waals surface area contributed by atoms with Crippen LogP contribution < -0.4 is 10.9 Å². The second-order valence-corrected chi connectivity index (χ2v) is 11.3. The van der Waals surface area contributed by atoms with Gasteiger partial charge in [-0.2, -0.15) is 0 Å². The molecule has 1 amide bonds. The van der Waals surface area contributed by atoms with Gasteiger partial charge >= 0.3 is 0 Å². The van der Waals surface area contributed by atoms with Gasteiger partial charge in [0, 0.05) is 48.7 Å². The Balaban J connectivity index is 1.24. The minimum absolute atomic E-state index is 0.0500. The lowest BCUT2D eigenvalue weighted by atomic mass is 10.1. The van der Waals surface area contributed by atoms with Gasteiger partial charge < -0.3 is 25.1 Å². The second-order valence-electron chi connectivity index (χ2n) is 9.92. The number of aromatic amines is 2. The van der Waals surface area contributed by atoms with Crippen molar-refractivity contribution in [3.63, 3.8) is 0 Å². The highest BCUT2D eigenvalue weighted by Crippen LogP contribution is 2.31. The molecule has 1 saturated heterocycles. The van der Waals surface area contributed by atoms with Crippen LogP contribution in [-0.2, 0) is 13.0 Å². The molecule has 0 aliphatic carbocycles. The summed E-state index contributed by atoms with van der Waals surface area (Å²) in [6.45, 7) is 6.58. The SMILES string of the molecule is CC(Cc1sccc1Cl)Nc1cc[nH]c(=O)c1-c1nc2cc3c(cc2[nH]1)CN(CCN1CCCC1)C3=O. The number of H-pyrrole nitrogens is 2. The first-order valence-corrected chi connectivity index (χ1v) is 14.0. The van der Waals surface area contributed by atoms with Gasteiger partial charge in [-0.25, -0.2) is 4.98 Å². The molecule has 0 bridgehead atoms. The summed E-state index contributed by atoms with van der Waals surface area (Å²) in [5.41, 5.74) is 4.10. The summed E-state index contributed by atoms with van der Waals surface area (Å²) in [4.78, 5) is 42.3. The lowest BCUT2D eigenvalue weighted by Gasteiger charge is -2.20. The number of rotatable bonds is 8. The van der Waals surface area contributed by atoms with E-state index in [2.05, 4.69) is 27.1 Å². The predicted octanol–water partition coefficient (Wildman–Crippen LogP) is 4.73. The first-order valence-electron chi connectivity index (χ1n) is 12.7. The number of anilines is 1. The van der Waals surface area contributed by atoms with Crippen LogP contribution >= 0.6 is 22.9 Å². The van der Waals surface area contributed by atoms with Crippen LogP contribution in [0.1, 0.15) is 40.6 Å².